The number of amides is 1. The van der Waals surface area contributed by atoms with Crippen molar-refractivity contribution < 1.29 is 4.79 Å². The predicted molar refractivity (Wildman–Crippen MR) is 84.0 cm³/mol. The van der Waals surface area contributed by atoms with E-state index in [9.17, 15) is 10.1 Å². The minimum Gasteiger partial charge on any atom is -0.314 e. The van der Waals surface area contributed by atoms with Crippen molar-refractivity contribution in [1.82, 2.24) is 0 Å². The number of carbonyl (C=O) groups excluding carboxylic acids is 1. The molecule has 0 heterocycles. The van der Waals surface area contributed by atoms with Gasteiger partial charge in [0.2, 0.25) is 5.91 Å². The maximum absolute atomic E-state index is 12.5. The van der Waals surface area contributed by atoms with Crippen LogP contribution in [0.5, 0.6) is 0 Å². The zero-order valence-electron chi connectivity index (χ0n) is 12.3. The predicted octanol–water partition coefficient (Wildman–Crippen LogP) is 3.52. The summed E-state index contributed by atoms with van der Waals surface area (Å²) in [5.74, 6) is -0.991. The normalized spacial score (nSPS) is 11.5. The van der Waals surface area contributed by atoms with E-state index in [4.69, 9.17) is 0 Å². The molecular weight excluding hydrogens is 260 g/mol. The van der Waals surface area contributed by atoms with E-state index in [2.05, 4.69) is 13.0 Å². The number of carbonyl (C=O) groups is 1. The van der Waals surface area contributed by atoms with Gasteiger partial charge < -0.3 is 4.90 Å². The molecule has 2 aromatic carbocycles. The Hall–Kier alpha value is -2.60. The summed E-state index contributed by atoms with van der Waals surface area (Å²) in [7, 11) is 1.70. The lowest BCUT2D eigenvalue weighted by Crippen LogP contribution is -2.31. The lowest BCUT2D eigenvalue weighted by atomic mass is 9.99. The van der Waals surface area contributed by atoms with Gasteiger partial charge >= 0.3 is 0 Å². The van der Waals surface area contributed by atoms with E-state index in [1.54, 1.807) is 24.1 Å². The van der Waals surface area contributed by atoms with Gasteiger partial charge in [-0.15, -0.1) is 0 Å². The second-order valence-electron chi connectivity index (χ2n) is 4.89. The first-order valence-electron chi connectivity index (χ1n) is 6.98. The molecule has 0 bridgehead atoms. The Morgan fingerprint density at radius 1 is 1.14 bits per heavy atom. The maximum atomic E-state index is 12.5. The van der Waals surface area contributed by atoms with Gasteiger partial charge in [0.05, 0.1) is 6.07 Å². The van der Waals surface area contributed by atoms with Crippen LogP contribution in [-0.4, -0.2) is 13.0 Å². The number of hydrogen-bond donors (Lipinski definition) is 0. The van der Waals surface area contributed by atoms with Crippen LogP contribution in [0.15, 0.2) is 54.6 Å². The van der Waals surface area contributed by atoms with Crippen LogP contribution in [0.1, 0.15) is 24.0 Å². The van der Waals surface area contributed by atoms with Crippen LogP contribution in [0.4, 0.5) is 5.69 Å². The van der Waals surface area contributed by atoms with Gasteiger partial charge in [-0.2, -0.15) is 5.26 Å². The molecule has 2 rings (SSSR count). The molecule has 0 aliphatic carbocycles. The highest BCUT2D eigenvalue weighted by atomic mass is 16.2. The quantitative estimate of drug-likeness (QED) is 0.859. The molecular formula is C18H18N2O. The molecule has 3 nitrogen and oxygen atoms in total. The van der Waals surface area contributed by atoms with Crippen LogP contribution in [0.2, 0.25) is 0 Å². The molecule has 21 heavy (non-hydrogen) atoms. The van der Waals surface area contributed by atoms with E-state index in [-0.39, 0.29) is 5.91 Å². The van der Waals surface area contributed by atoms with E-state index >= 15 is 0 Å². The number of rotatable bonds is 4. The van der Waals surface area contributed by atoms with Crippen molar-refractivity contribution in [1.29, 1.82) is 5.26 Å². The SMILES string of the molecule is CCc1ccc(N(C)C(=O)C(C#N)c2ccccc2)cc1. The Labute approximate surface area is 125 Å². The van der Waals surface area contributed by atoms with Crippen LogP contribution in [0, 0.1) is 11.3 Å². The fraction of sp³-hybridized carbons (Fsp3) is 0.222. The highest BCUT2D eigenvalue weighted by molar-refractivity contribution is 5.99. The van der Waals surface area contributed by atoms with Crippen molar-refractivity contribution in [3.8, 4) is 6.07 Å². The fourth-order valence-electron chi connectivity index (χ4n) is 2.19. The van der Waals surface area contributed by atoms with E-state index < -0.39 is 5.92 Å². The third-order valence-corrected chi connectivity index (χ3v) is 3.57. The third kappa shape index (κ3) is 3.29. The minimum absolute atomic E-state index is 0.215. The van der Waals surface area contributed by atoms with E-state index in [0.717, 1.165) is 17.7 Å². The number of aryl methyl sites for hydroxylation is 1. The van der Waals surface area contributed by atoms with E-state index in [1.165, 1.54) is 5.56 Å². The van der Waals surface area contributed by atoms with Crippen molar-refractivity contribution in [3.63, 3.8) is 0 Å². The molecule has 1 unspecified atom stereocenters. The molecule has 3 heteroatoms. The van der Waals surface area contributed by atoms with Gasteiger partial charge in [-0.1, -0.05) is 49.4 Å². The van der Waals surface area contributed by atoms with Gasteiger partial charge in [0.25, 0.3) is 0 Å². The van der Waals surface area contributed by atoms with Crippen LogP contribution in [-0.2, 0) is 11.2 Å². The Kier molecular flexibility index (Phi) is 4.73. The van der Waals surface area contributed by atoms with Gasteiger partial charge in [-0.3, -0.25) is 4.79 Å². The molecule has 0 N–H and O–H groups in total. The Morgan fingerprint density at radius 2 is 1.76 bits per heavy atom. The van der Waals surface area contributed by atoms with E-state index in [0.29, 0.717) is 0 Å². The third-order valence-electron chi connectivity index (χ3n) is 3.57. The largest absolute Gasteiger partial charge is 0.314 e. The molecule has 0 radical (unpaired) electrons. The summed E-state index contributed by atoms with van der Waals surface area (Å²) in [5.41, 5.74) is 2.75. The summed E-state index contributed by atoms with van der Waals surface area (Å²) in [4.78, 5) is 14.1. The summed E-state index contributed by atoms with van der Waals surface area (Å²) in [6, 6.07) is 19.1. The summed E-state index contributed by atoms with van der Waals surface area (Å²) < 4.78 is 0. The van der Waals surface area contributed by atoms with Gasteiger partial charge in [0.15, 0.2) is 5.92 Å². The zero-order valence-corrected chi connectivity index (χ0v) is 12.3. The zero-order chi connectivity index (χ0) is 15.2. The molecule has 1 atom stereocenters. The minimum atomic E-state index is -0.776. The number of anilines is 1. The highest BCUT2D eigenvalue weighted by Gasteiger charge is 2.24. The highest BCUT2D eigenvalue weighted by Crippen LogP contribution is 2.21. The summed E-state index contributed by atoms with van der Waals surface area (Å²) in [5, 5.41) is 9.33. The monoisotopic (exact) mass is 278 g/mol. The Bertz CT molecular complexity index is 641. The molecule has 0 saturated carbocycles. The second kappa shape index (κ2) is 6.71. The fourth-order valence-corrected chi connectivity index (χ4v) is 2.19. The molecule has 0 fully saturated rings. The molecule has 106 valence electrons. The molecule has 0 aliphatic rings. The van der Waals surface area contributed by atoms with E-state index in [1.807, 2.05) is 42.5 Å². The van der Waals surface area contributed by atoms with Crippen molar-refractivity contribution in [3.05, 3.63) is 65.7 Å². The Morgan fingerprint density at radius 3 is 2.29 bits per heavy atom. The van der Waals surface area contributed by atoms with Crippen LogP contribution >= 0.6 is 0 Å². The van der Waals surface area contributed by atoms with Gasteiger partial charge in [0.1, 0.15) is 0 Å². The number of hydrogen-bond acceptors (Lipinski definition) is 2. The lowest BCUT2D eigenvalue weighted by molar-refractivity contribution is -0.118. The van der Waals surface area contributed by atoms with Crippen molar-refractivity contribution in [2.75, 3.05) is 11.9 Å². The van der Waals surface area contributed by atoms with Crippen LogP contribution in [0.25, 0.3) is 0 Å². The average molecular weight is 278 g/mol. The number of nitrogens with zero attached hydrogens (tertiary/aromatic N) is 2. The number of benzene rings is 2. The summed E-state index contributed by atoms with van der Waals surface area (Å²) >= 11 is 0. The molecule has 0 aliphatic heterocycles. The van der Waals surface area contributed by atoms with Crippen LogP contribution < -0.4 is 4.90 Å². The first kappa shape index (κ1) is 14.8. The smallest absolute Gasteiger partial charge is 0.248 e. The molecule has 0 aromatic heterocycles. The summed E-state index contributed by atoms with van der Waals surface area (Å²) in [6.07, 6.45) is 0.961. The van der Waals surface area contributed by atoms with Gasteiger partial charge in [-0.05, 0) is 29.7 Å². The van der Waals surface area contributed by atoms with Crippen LogP contribution in [0.3, 0.4) is 0 Å². The second-order valence-corrected chi connectivity index (χ2v) is 4.89. The van der Waals surface area contributed by atoms with Gasteiger partial charge in [0, 0.05) is 12.7 Å². The molecule has 0 spiro atoms. The van der Waals surface area contributed by atoms with Crippen molar-refractivity contribution in [2.45, 2.75) is 19.3 Å². The lowest BCUT2D eigenvalue weighted by Gasteiger charge is -2.20. The maximum Gasteiger partial charge on any atom is 0.248 e. The first-order valence-corrected chi connectivity index (χ1v) is 6.98. The molecule has 0 saturated heterocycles. The average Bonchev–Trinajstić information content (AvgIpc) is 2.56. The topological polar surface area (TPSA) is 44.1 Å². The molecule has 1 amide bonds. The number of nitriles is 1. The van der Waals surface area contributed by atoms with Crippen molar-refractivity contribution in [2.24, 2.45) is 0 Å². The van der Waals surface area contributed by atoms with Gasteiger partial charge in [-0.25, -0.2) is 0 Å². The number of likely N-dealkylation sites (N-methyl/N-ethyl adjacent to an activating group) is 1. The Balaban J connectivity index is 2.23. The standard InChI is InChI=1S/C18H18N2O/c1-3-14-9-11-16(12-10-14)20(2)18(21)17(13-19)15-7-5-4-6-8-15/h4-12,17H,3H2,1-2H3. The molecule has 2 aromatic rings. The van der Waals surface area contributed by atoms with Crippen molar-refractivity contribution >= 4 is 11.6 Å². The first-order chi connectivity index (χ1) is 10.2. The summed E-state index contributed by atoms with van der Waals surface area (Å²) in [6.45, 7) is 2.09.